The van der Waals surface area contributed by atoms with E-state index in [1.807, 2.05) is 19.1 Å². The van der Waals surface area contributed by atoms with Gasteiger partial charge in [0.05, 0.1) is 9.86 Å². The van der Waals surface area contributed by atoms with E-state index >= 15 is 0 Å². The minimum atomic E-state index is -0.0225. The molecule has 0 bridgehead atoms. The highest BCUT2D eigenvalue weighted by molar-refractivity contribution is 9.10. The number of aryl methyl sites for hydroxylation is 1. The highest BCUT2D eigenvalue weighted by Gasteiger charge is 2.11. The summed E-state index contributed by atoms with van der Waals surface area (Å²) in [5.41, 5.74) is 2.10. The molecule has 1 heterocycles. The fourth-order valence-corrected chi connectivity index (χ4v) is 2.32. The van der Waals surface area contributed by atoms with Crippen molar-refractivity contribution in [3.63, 3.8) is 0 Å². The van der Waals surface area contributed by atoms with Gasteiger partial charge in [0, 0.05) is 5.56 Å². The molecular formula is C11H9BrO2S. The van der Waals surface area contributed by atoms with Gasteiger partial charge in [0.25, 0.3) is 0 Å². The van der Waals surface area contributed by atoms with Crippen molar-refractivity contribution in [1.82, 2.24) is 0 Å². The lowest BCUT2D eigenvalue weighted by Crippen LogP contribution is -2.06. The zero-order valence-electron chi connectivity index (χ0n) is 8.30. The van der Waals surface area contributed by atoms with Crippen molar-refractivity contribution in [2.24, 2.45) is 0 Å². The number of halogens is 1. The maximum absolute atomic E-state index is 11.9. The molecule has 0 atom stereocenters. The molecule has 4 heteroatoms. The van der Waals surface area contributed by atoms with E-state index in [0.717, 1.165) is 10.0 Å². The summed E-state index contributed by atoms with van der Waals surface area (Å²) < 4.78 is 6.26. The lowest BCUT2D eigenvalue weighted by molar-refractivity contribution is 0.493. The van der Waals surface area contributed by atoms with Crippen molar-refractivity contribution in [2.45, 2.75) is 18.9 Å². The minimum absolute atomic E-state index is 0.0225. The van der Waals surface area contributed by atoms with Crippen molar-refractivity contribution in [3.05, 3.63) is 38.0 Å². The van der Waals surface area contributed by atoms with Crippen LogP contribution in [0.25, 0.3) is 11.0 Å². The summed E-state index contributed by atoms with van der Waals surface area (Å²) in [7, 11) is 0. The van der Waals surface area contributed by atoms with E-state index in [-0.39, 0.29) is 5.43 Å². The molecule has 2 rings (SSSR count). The first-order valence-corrected chi connectivity index (χ1v) is 5.67. The number of hydrogen-bond donors (Lipinski definition) is 1. The van der Waals surface area contributed by atoms with Gasteiger partial charge in [-0.05, 0) is 47.5 Å². The summed E-state index contributed by atoms with van der Waals surface area (Å²) in [5.74, 6) is 0. The molecule has 15 heavy (non-hydrogen) atoms. The molecule has 0 fully saturated rings. The van der Waals surface area contributed by atoms with Crippen molar-refractivity contribution in [3.8, 4) is 0 Å². The highest BCUT2D eigenvalue weighted by Crippen LogP contribution is 2.26. The minimum Gasteiger partial charge on any atom is -0.448 e. The van der Waals surface area contributed by atoms with Gasteiger partial charge in [-0.3, -0.25) is 4.79 Å². The lowest BCUT2D eigenvalue weighted by Gasteiger charge is -2.04. The van der Waals surface area contributed by atoms with Crippen LogP contribution in [-0.4, -0.2) is 0 Å². The van der Waals surface area contributed by atoms with E-state index in [2.05, 4.69) is 28.6 Å². The molecule has 0 saturated carbocycles. The summed E-state index contributed by atoms with van der Waals surface area (Å²) in [5, 5.41) is 0.967. The molecule has 0 aliphatic carbocycles. The predicted octanol–water partition coefficient (Wildman–Crippen LogP) is 3.46. The summed E-state index contributed by atoms with van der Waals surface area (Å²) in [4.78, 5) is 11.9. The van der Waals surface area contributed by atoms with Gasteiger partial charge in [-0.2, -0.15) is 0 Å². The van der Waals surface area contributed by atoms with Crippen molar-refractivity contribution >= 4 is 39.5 Å². The average molecular weight is 285 g/mol. The Morgan fingerprint density at radius 2 is 2.00 bits per heavy atom. The van der Waals surface area contributed by atoms with Gasteiger partial charge in [0.2, 0.25) is 0 Å². The topological polar surface area (TPSA) is 30.2 Å². The van der Waals surface area contributed by atoms with Crippen LogP contribution < -0.4 is 5.43 Å². The number of benzene rings is 1. The van der Waals surface area contributed by atoms with E-state index < -0.39 is 0 Å². The van der Waals surface area contributed by atoms with E-state index in [0.29, 0.717) is 21.6 Å². The van der Waals surface area contributed by atoms with Crippen LogP contribution in [0.1, 0.15) is 11.1 Å². The van der Waals surface area contributed by atoms with Crippen LogP contribution in [0.3, 0.4) is 0 Å². The van der Waals surface area contributed by atoms with Crippen LogP contribution in [0.4, 0.5) is 0 Å². The van der Waals surface area contributed by atoms with Gasteiger partial charge in [0.15, 0.2) is 16.1 Å². The molecule has 0 radical (unpaired) electrons. The van der Waals surface area contributed by atoms with Crippen LogP contribution in [0.2, 0.25) is 0 Å². The molecule has 0 N–H and O–H groups in total. The Morgan fingerprint density at radius 3 is 2.67 bits per heavy atom. The summed E-state index contributed by atoms with van der Waals surface area (Å²) in [6.45, 7) is 3.65. The van der Waals surface area contributed by atoms with Gasteiger partial charge in [-0.25, -0.2) is 0 Å². The molecule has 2 nitrogen and oxygen atoms in total. The molecule has 0 spiro atoms. The average Bonchev–Trinajstić information content (AvgIpc) is 2.17. The number of thiol groups is 1. The third kappa shape index (κ3) is 1.72. The summed E-state index contributed by atoms with van der Waals surface area (Å²) in [6.07, 6.45) is 0. The number of rotatable bonds is 0. The standard InChI is InChI=1S/C11H9BrO2S/c1-5-3-7-9(13)6(2)11(15)14-10(7)8(12)4-5/h3-4,15H,1-2H3. The maximum atomic E-state index is 11.9. The van der Waals surface area contributed by atoms with Gasteiger partial charge in [-0.1, -0.05) is 0 Å². The fourth-order valence-electron chi connectivity index (χ4n) is 1.47. The SMILES string of the molecule is Cc1cc(Br)c2oc(S)c(C)c(=O)c2c1. The molecule has 0 aliphatic rings. The van der Waals surface area contributed by atoms with Gasteiger partial charge in [-0.15, -0.1) is 12.6 Å². The first-order valence-electron chi connectivity index (χ1n) is 4.43. The van der Waals surface area contributed by atoms with Crippen molar-refractivity contribution < 1.29 is 4.42 Å². The van der Waals surface area contributed by atoms with Crippen LogP contribution >= 0.6 is 28.6 Å². The van der Waals surface area contributed by atoms with Crippen LogP contribution in [0.15, 0.2) is 30.9 Å². The highest BCUT2D eigenvalue weighted by atomic mass is 79.9. The first-order chi connectivity index (χ1) is 7.00. The Hall–Kier alpha value is -0.740. The van der Waals surface area contributed by atoms with Gasteiger partial charge < -0.3 is 4.42 Å². The maximum Gasteiger partial charge on any atom is 0.196 e. The third-order valence-electron chi connectivity index (χ3n) is 2.29. The molecule has 0 aliphatic heterocycles. The Labute approximate surface area is 101 Å². The molecule has 0 amide bonds. The second-order valence-corrected chi connectivity index (χ2v) is 4.75. The Balaban J connectivity index is 3.06. The largest absolute Gasteiger partial charge is 0.448 e. The quantitative estimate of drug-likeness (QED) is 0.751. The summed E-state index contributed by atoms with van der Waals surface area (Å²) in [6, 6.07) is 3.74. The second-order valence-electron chi connectivity index (χ2n) is 3.48. The number of fused-ring (bicyclic) bond motifs is 1. The van der Waals surface area contributed by atoms with Crippen molar-refractivity contribution in [1.29, 1.82) is 0 Å². The normalized spacial score (nSPS) is 10.9. The Morgan fingerprint density at radius 1 is 1.33 bits per heavy atom. The second kappa shape index (κ2) is 3.68. The van der Waals surface area contributed by atoms with Crippen LogP contribution in [-0.2, 0) is 0 Å². The first kappa shape index (κ1) is 10.8. The third-order valence-corrected chi connectivity index (χ3v) is 3.31. The van der Waals surface area contributed by atoms with Gasteiger partial charge in [0.1, 0.15) is 0 Å². The predicted molar refractivity (Wildman–Crippen MR) is 66.9 cm³/mol. The molecule has 1 aromatic heterocycles. The smallest absolute Gasteiger partial charge is 0.196 e. The molecule has 0 saturated heterocycles. The van der Waals surface area contributed by atoms with Crippen LogP contribution in [0.5, 0.6) is 0 Å². The molecule has 0 unspecified atom stereocenters. The molecule has 1 aromatic carbocycles. The van der Waals surface area contributed by atoms with E-state index in [4.69, 9.17) is 4.42 Å². The monoisotopic (exact) mass is 284 g/mol. The molecular weight excluding hydrogens is 276 g/mol. The fraction of sp³-hybridized carbons (Fsp3) is 0.182. The Bertz CT molecular complexity index is 602. The van der Waals surface area contributed by atoms with E-state index in [1.54, 1.807) is 6.92 Å². The summed E-state index contributed by atoms with van der Waals surface area (Å²) >= 11 is 7.50. The zero-order valence-corrected chi connectivity index (χ0v) is 10.8. The van der Waals surface area contributed by atoms with E-state index in [9.17, 15) is 4.79 Å². The molecule has 2 aromatic rings. The number of hydrogen-bond acceptors (Lipinski definition) is 3. The molecule has 78 valence electrons. The van der Waals surface area contributed by atoms with Crippen LogP contribution in [0, 0.1) is 13.8 Å². The van der Waals surface area contributed by atoms with E-state index in [1.165, 1.54) is 0 Å². The zero-order chi connectivity index (χ0) is 11.2. The lowest BCUT2D eigenvalue weighted by atomic mass is 10.1. The Kier molecular flexibility index (Phi) is 2.64. The van der Waals surface area contributed by atoms with Gasteiger partial charge >= 0.3 is 0 Å². The van der Waals surface area contributed by atoms with Crippen molar-refractivity contribution in [2.75, 3.05) is 0 Å².